The van der Waals surface area contributed by atoms with Crippen molar-refractivity contribution in [2.24, 2.45) is 10.9 Å². The van der Waals surface area contributed by atoms with Crippen LogP contribution in [-0.4, -0.2) is 43.4 Å². The molecule has 0 atom stereocenters. The fourth-order valence-corrected chi connectivity index (χ4v) is 2.56. The van der Waals surface area contributed by atoms with Crippen molar-refractivity contribution < 1.29 is 14.4 Å². The summed E-state index contributed by atoms with van der Waals surface area (Å²) < 4.78 is 5.09. The summed E-state index contributed by atoms with van der Waals surface area (Å²) in [6.45, 7) is 1.54. The van der Waals surface area contributed by atoms with Crippen LogP contribution in [0.5, 0.6) is 5.75 Å². The third-order valence-corrected chi connectivity index (χ3v) is 3.95. The molecule has 2 rings (SSSR count). The highest BCUT2D eigenvalue weighted by Crippen LogP contribution is 2.12. The zero-order valence-electron chi connectivity index (χ0n) is 13.7. The molecule has 6 heteroatoms. The largest absolute Gasteiger partial charge is 0.497 e. The van der Waals surface area contributed by atoms with Crippen molar-refractivity contribution in [1.29, 1.82) is 0 Å². The molecule has 1 heterocycles. The first-order valence-corrected chi connectivity index (χ1v) is 8.08. The zero-order valence-corrected chi connectivity index (χ0v) is 13.7. The molecule has 1 saturated heterocycles. The molecular weight excluding hydrogens is 294 g/mol. The minimum atomic E-state index is -0.0726. The first kappa shape index (κ1) is 17.1. The van der Waals surface area contributed by atoms with Crippen molar-refractivity contribution in [2.45, 2.75) is 32.1 Å². The van der Waals surface area contributed by atoms with Gasteiger partial charge in [-0.15, -0.1) is 0 Å². The van der Waals surface area contributed by atoms with E-state index in [9.17, 15) is 4.79 Å². The number of amides is 1. The van der Waals surface area contributed by atoms with Crippen LogP contribution in [0.25, 0.3) is 0 Å². The monoisotopic (exact) mass is 319 g/mol. The van der Waals surface area contributed by atoms with Crippen molar-refractivity contribution in [1.82, 2.24) is 4.90 Å². The van der Waals surface area contributed by atoms with Crippen LogP contribution < -0.4 is 10.5 Å². The molecule has 1 aromatic rings. The normalized spacial score (nSPS) is 16.4. The van der Waals surface area contributed by atoms with Crippen LogP contribution in [0.15, 0.2) is 29.4 Å². The number of benzene rings is 1. The van der Waals surface area contributed by atoms with E-state index in [2.05, 4.69) is 5.16 Å². The Balaban J connectivity index is 1.82. The van der Waals surface area contributed by atoms with Crippen LogP contribution in [0, 0.1) is 0 Å². The Morgan fingerprint density at radius 1 is 1.13 bits per heavy atom. The van der Waals surface area contributed by atoms with Gasteiger partial charge in [-0.25, -0.2) is 0 Å². The lowest BCUT2D eigenvalue weighted by Crippen LogP contribution is -2.36. The Bertz CT molecular complexity index is 520. The summed E-state index contributed by atoms with van der Waals surface area (Å²) in [6.07, 6.45) is 5.76. The number of amidine groups is 1. The van der Waals surface area contributed by atoms with E-state index in [0.29, 0.717) is 0 Å². The van der Waals surface area contributed by atoms with Gasteiger partial charge in [0, 0.05) is 18.7 Å². The molecule has 0 bridgehead atoms. The first-order valence-electron chi connectivity index (χ1n) is 8.08. The summed E-state index contributed by atoms with van der Waals surface area (Å²) in [5.41, 5.74) is 6.58. The van der Waals surface area contributed by atoms with Gasteiger partial charge in [-0.2, -0.15) is 0 Å². The van der Waals surface area contributed by atoms with E-state index < -0.39 is 0 Å². The number of rotatable bonds is 5. The molecule has 1 aromatic carbocycles. The number of nitrogens with two attached hydrogens (primary N) is 1. The Morgan fingerprint density at radius 3 is 2.35 bits per heavy atom. The lowest BCUT2D eigenvalue weighted by Gasteiger charge is -2.24. The van der Waals surface area contributed by atoms with Gasteiger partial charge < -0.3 is 20.2 Å². The van der Waals surface area contributed by atoms with Gasteiger partial charge >= 0.3 is 0 Å². The van der Waals surface area contributed by atoms with Crippen molar-refractivity contribution in [3.05, 3.63) is 29.8 Å². The number of carbonyl (C=O) groups is 1. The van der Waals surface area contributed by atoms with E-state index in [0.717, 1.165) is 37.2 Å². The summed E-state index contributed by atoms with van der Waals surface area (Å²) in [6, 6.07) is 7.18. The van der Waals surface area contributed by atoms with Crippen LogP contribution in [0.3, 0.4) is 0 Å². The predicted molar refractivity (Wildman–Crippen MR) is 89.3 cm³/mol. The number of likely N-dealkylation sites (tertiary alicyclic amines) is 1. The molecule has 1 aliphatic rings. The average Bonchev–Trinajstić information content (AvgIpc) is 2.54. The molecule has 0 radical (unpaired) electrons. The third-order valence-electron chi connectivity index (χ3n) is 3.95. The van der Waals surface area contributed by atoms with Gasteiger partial charge in [0.1, 0.15) is 5.75 Å². The zero-order chi connectivity index (χ0) is 16.5. The summed E-state index contributed by atoms with van der Waals surface area (Å²) in [4.78, 5) is 19.1. The van der Waals surface area contributed by atoms with Crippen molar-refractivity contribution in [3.8, 4) is 5.75 Å². The Kier molecular flexibility index (Phi) is 6.72. The van der Waals surface area contributed by atoms with Gasteiger partial charge in [-0.05, 0) is 37.1 Å². The van der Waals surface area contributed by atoms with E-state index in [1.54, 1.807) is 31.4 Å². The summed E-state index contributed by atoms with van der Waals surface area (Å²) in [7, 11) is 1.60. The summed E-state index contributed by atoms with van der Waals surface area (Å²) in [5.74, 6) is 0.959. The number of hydrogen-bond acceptors (Lipinski definition) is 4. The van der Waals surface area contributed by atoms with E-state index in [1.807, 2.05) is 4.90 Å². The Morgan fingerprint density at radius 2 is 1.74 bits per heavy atom. The number of methoxy groups -OCH3 is 1. The Labute approximate surface area is 137 Å². The third kappa shape index (κ3) is 5.47. The number of hydrogen-bond donors (Lipinski definition) is 1. The maximum Gasteiger partial charge on any atom is 0.263 e. The Hall–Kier alpha value is -2.24. The minimum Gasteiger partial charge on any atom is -0.497 e. The predicted octanol–water partition coefficient (Wildman–Crippen LogP) is 2.12. The maximum absolute atomic E-state index is 12.1. The smallest absolute Gasteiger partial charge is 0.263 e. The molecule has 2 N–H and O–H groups in total. The molecule has 0 unspecified atom stereocenters. The molecule has 1 aliphatic heterocycles. The average molecular weight is 319 g/mol. The standard InChI is InChI=1S/C17H25N3O3/c1-22-15-9-7-14(8-10-15)17(18)19-23-13-16(21)20-11-5-3-2-4-6-12-20/h7-10H,2-6,11-13H2,1H3,(H2,18,19). The molecule has 1 amide bonds. The molecule has 0 spiro atoms. The molecular formula is C17H25N3O3. The molecule has 6 nitrogen and oxygen atoms in total. The highest BCUT2D eigenvalue weighted by molar-refractivity contribution is 5.97. The van der Waals surface area contributed by atoms with Gasteiger partial charge in [-0.1, -0.05) is 24.4 Å². The van der Waals surface area contributed by atoms with Gasteiger partial charge in [0.15, 0.2) is 12.4 Å². The molecule has 1 fully saturated rings. The molecule has 0 saturated carbocycles. The SMILES string of the molecule is COc1ccc(/C(N)=N/OCC(=O)N2CCCCCCC2)cc1. The van der Waals surface area contributed by atoms with Gasteiger partial charge in [0.25, 0.3) is 5.91 Å². The van der Waals surface area contributed by atoms with E-state index in [4.69, 9.17) is 15.3 Å². The van der Waals surface area contributed by atoms with E-state index in [-0.39, 0.29) is 18.3 Å². The highest BCUT2D eigenvalue weighted by atomic mass is 16.6. The summed E-state index contributed by atoms with van der Waals surface area (Å²) in [5, 5.41) is 3.83. The lowest BCUT2D eigenvalue weighted by molar-refractivity contribution is -0.136. The highest BCUT2D eigenvalue weighted by Gasteiger charge is 2.15. The molecule has 126 valence electrons. The maximum atomic E-state index is 12.1. The number of nitrogens with zero attached hydrogens (tertiary/aromatic N) is 2. The topological polar surface area (TPSA) is 77.1 Å². The van der Waals surface area contributed by atoms with Gasteiger partial charge in [-0.3, -0.25) is 4.79 Å². The number of carbonyl (C=O) groups excluding carboxylic acids is 1. The number of ether oxygens (including phenoxy) is 1. The second-order valence-electron chi connectivity index (χ2n) is 5.63. The molecule has 23 heavy (non-hydrogen) atoms. The summed E-state index contributed by atoms with van der Waals surface area (Å²) >= 11 is 0. The van der Waals surface area contributed by atoms with Gasteiger partial charge in [0.2, 0.25) is 0 Å². The quantitative estimate of drug-likeness (QED) is 0.512. The van der Waals surface area contributed by atoms with Crippen LogP contribution in [-0.2, 0) is 9.63 Å². The van der Waals surface area contributed by atoms with Crippen LogP contribution in [0.4, 0.5) is 0 Å². The minimum absolute atomic E-state index is 0.0295. The second kappa shape index (κ2) is 9.02. The molecule has 0 aliphatic carbocycles. The lowest BCUT2D eigenvalue weighted by atomic mass is 10.1. The van der Waals surface area contributed by atoms with Crippen LogP contribution >= 0.6 is 0 Å². The van der Waals surface area contributed by atoms with E-state index >= 15 is 0 Å². The van der Waals surface area contributed by atoms with Crippen LogP contribution in [0.1, 0.15) is 37.7 Å². The fraction of sp³-hybridized carbons (Fsp3) is 0.529. The van der Waals surface area contributed by atoms with Crippen molar-refractivity contribution >= 4 is 11.7 Å². The van der Waals surface area contributed by atoms with Crippen LogP contribution in [0.2, 0.25) is 0 Å². The van der Waals surface area contributed by atoms with Crippen molar-refractivity contribution in [3.63, 3.8) is 0 Å². The fourth-order valence-electron chi connectivity index (χ4n) is 2.56. The van der Waals surface area contributed by atoms with Crippen molar-refractivity contribution in [2.75, 3.05) is 26.8 Å². The first-order chi connectivity index (χ1) is 11.2. The number of oxime groups is 1. The van der Waals surface area contributed by atoms with E-state index in [1.165, 1.54) is 19.3 Å². The molecule has 0 aromatic heterocycles. The van der Waals surface area contributed by atoms with Gasteiger partial charge in [0.05, 0.1) is 7.11 Å². The second-order valence-corrected chi connectivity index (χ2v) is 5.63.